The molecule has 0 bridgehead atoms. The van der Waals surface area contributed by atoms with E-state index < -0.39 is 0 Å². The molecule has 0 unspecified atom stereocenters. The van der Waals surface area contributed by atoms with Gasteiger partial charge in [-0.3, -0.25) is 0 Å². The van der Waals surface area contributed by atoms with Crippen molar-refractivity contribution >= 4 is 41.4 Å². The molecule has 0 radical (unpaired) electrons. The van der Waals surface area contributed by atoms with Crippen LogP contribution in [-0.4, -0.2) is 5.75 Å². The summed E-state index contributed by atoms with van der Waals surface area (Å²) in [6.45, 7) is 2.28. The molecule has 0 fully saturated rings. The lowest BCUT2D eigenvalue weighted by Crippen LogP contribution is -1.83. The van der Waals surface area contributed by atoms with Crippen LogP contribution in [0.3, 0.4) is 0 Å². The van der Waals surface area contributed by atoms with Crippen LogP contribution in [0, 0.1) is 0 Å². The van der Waals surface area contributed by atoms with Gasteiger partial charge in [0.1, 0.15) is 0 Å². The molecular formula is C14H31PS3. The molecule has 0 rings (SSSR count). The summed E-state index contributed by atoms with van der Waals surface area (Å²) in [7, 11) is 0. The summed E-state index contributed by atoms with van der Waals surface area (Å²) < 4.78 is 0. The second kappa shape index (κ2) is 16.5. The lowest BCUT2D eigenvalue weighted by Gasteiger charge is -2.04. The molecular weight excluding hydrogens is 295 g/mol. The minimum Gasteiger partial charge on any atom is -0.130 e. The van der Waals surface area contributed by atoms with Crippen LogP contribution in [0.15, 0.2) is 0 Å². The van der Waals surface area contributed by atoms with Crippen molar-refractivity contribution in [3.8, 4) is 0 Å². The quantitative estimate of drug-likeness (QED) is 0.189. The highest BCUT2D eigenvalue weighted by Crippen LogP contribution is 2.58. The number of hydrogen-bond donors (Lipinski definition) is 2. The first-order chi connectivity index (χ1) is 8.77. The maximum absolute atomic E-state index is 4.30. The first-order valence-corrected chi connectivity index (χ1v) is 12.8. The van der Waals surface area contributed by atoms with Crippen molar-refractivity contribution in [2.24, 2.45) is 0 Å². The van der Waals surface area contributed by atoms with Gasteiger partial charge in [0.15, 0.2) is 0 Å². The summed E-state index contributed by atoms with van der Waals surface area (Å²) in [6, 6.07) is 0. The minimum atomic E-state index is -0.334. The molecule has 18 heavy (non-hydrogen) atoms. The molecule has 0 aliphatic rings. The number of thiol groups is 2. The molecule has 0 saturated heterocycles. The molecule has 110 valence electrons. The van der Waals surface area contributed by atoms with Crippen LogP contribution in [0.25, 0.3) is 0 Å². The first-order valence-electron chi connectivity index (χ1n) is 7.58. The Labute approximate surface area is 131 Å². The standard InChI is InChI=1S/C14H31PS3/c1-2-3-4-5-6-7-8-9-10-11-12-13-14-18-15(16)17/h16-17H,2-14H2,1H3. The molecule has 0 aromatic heterocycles. The minimum absolute atomic E-state index is 0.334. The van der Waals surface area contributed by atoms with Gasteiger partial charge in [0.2, 0.25) is 0 Å². The van der Waals surface area contributed by atoms with E-state index in [0.29, 0.717) is 0 Å². The third-order valence-corrected chi connectivity index (χ3v) is 7.23. The lowest BCUT2D eigenvalue weighted by atomic mass is 10.1. The van der Waals surface area contributed by atoms with Crippen molar-refractivity contribution < 1.29 is 0 Å². The molecule has 0 aliphatic carbocycles. The van der Waals surface area contributed by atoms with Gasteiger partial charge in [-0.25, -0.2) is 0 Å². The third-order valence-electron chi connectivity index (χ3n) is 3.20. The predicted molar refractivity (Wildman–Crippen MR) is 98.4 cm³/mol. The summed E-state index contributed by atoms with van der Waals surface area (Å²) >= 11 is 10.5. The highest BCUT2D eigenvalue weighted by Gasteiger charge is 1.96. The zero-order chi connectivity index (χ0) is 13.5. The summed E-state index contributed by atoms with van der Waals surface area (Å²) in [5, 5.41) is 0. The largest absolute Gasteiger partial charge is 0.130 e. The Morgan fingerprint density at radius 2 is 1.06 bits per heavy atom. The summed E-state index contributed by atoms with van der Waals surface area (Å²) in [4.78, 5) is 0. The fraction of sp³-hybridized carbons (Fsp3) is 1.00. The monoisotopic (exact) mass is 326 g/mol. The molecule has 0 aliphatic heterocycles. The molecule has 0 spiro atoms. The van der Waals surface area contributed by atoms with Gasteiger partial charge in [0, 0.05) is 0 Å². The van der Waals surface area contributed by atoms with Crippen LogP contribution in [0.5, 0.6) is 0 Å². The van der Waals surface area contributed by atoms with E-state index in [-0.39, 0.29) is 5.53 Å². The maximum atomic E-state index is 4.30. The van der Waals surface area contributed by atoms with Crippen LogP contribution in [0.4, 0.5) is 0 Å². The lowest BCUT2D eigenvalue weighted by molar-refractivity contribution is 0.548. The highest BCUT2D eigenvalue weighted by atomic mass is 33.3. The van der Waals surface area contributed by atoms with Crippen LogP contribution >= 0.6 is 41.4 Å². The average Bonchev–Trinajstić information content (AvgIpc) is 2.34. The van der Waals surface area contributed by atoms with E-state index in [1.807, 2.05) is 11.4 Å². The Morgan fingerprint density at radius 3 is 1.44 bits per heavy atom. The van der Waals surface area contributed by atoms with Gasteiger partial charge < -0.3 is 0 Å². The maximum Gasteiger partial charge on any atom is 0.0666 e. The van der Waals surface area contributed by atoms with Crippen molar-refractivity contribution in [3.05, 3.63) is 0 Å². The first kappa shape index (κ1) is 19.5. The highest BCUT2D eigenvalue weighted by molar-refractivity contribution is 9.06. The van der Waals surface area contributed by atoms with E-state index in [0.717, 1.165) is 0 Å². The normalized spacial score (nSPS) is 11.3. The molecule has 0 heterocycles. The third kappa shape index (κ3) is 17.5. The Kier molecular flexibility index (Phi) is 17.9. The molecule has 0 atom stereocenters. The number of hydrogen-bond acceptors (Lipinski definition) is 3. The van der Waals surface area contributed by atoms with Crippen molar-refractivity contribution in [2.45, 2.75) is 84.0 Å². The van der Waals surface area contributed by atoms with Crippen LogP contribution in [-0.2, 0) is 0 Å². The Morgan fingerprint density at radius 1 is 0.667 bits per heavy atom. The summed E-state index contributed by atoms with van der Waals surface area (Å²) in [6.07, 6.45) is 17.1. The molecule has 0 aromatic carbocycles. The van der Waals surface area contributed by atoms with Crippen LogP contribution in [0.1, 0.15) is 84.0 Å². The summed E-state index contributed by atoms with van der Waals surface area (Å²) in [5.74, 6) is 1.25. The fourth-order valence-electron chi connectivity index (χ4n) is 2.09. The molecule has 0 N–H and O–H groups in total. The predicted octanol–water partition coefficient (Wildman–Crippen LogP) is 7.51. The van der Waals surface area contributed by atoms with Gasteiger partial charge in [0.05, 0.1) is 5.53 Å². The van der Waals surface area contributed by atoms with E-state index in [9.17, 15) is 0 Å². The zero-order valence-corrected chi connectivity index (χ0v) is 15.4. The van der Waals surface area contributed by atoms with Crippen LogP contribution in [0.2, 0.25) is 0 Å². The Hall–Kier alpha value is 1.48. The SMILES string of the molecule is CCCCCCCCCCCCCCSP(S)S. The topological polar surface area (TPSA) is 0 Å². The van der Waals surface area contributed by atoms with Gasteiger partial charge in [-0.05, 0) is 12.2 Å². The van der Waals surface area contributed by atoms with Crippen molar-refractivity contribution in [1.82, 2.24) is 0 Å². The van der Waals surface area contributed by atoms with E-state index in [4.69, 9.17) is 0 Å². The van der Waals surface area contributed by atoms with Crippen LogP contribution < -0.4 is 0 Å². The average molecular weight is 327 g/mol. The van der Waals surface area contributed by atoms with Gasteiger partial charge in [-0.1, -0.05) is 77.6 Å². The number of rotatable bonds is 14. The Bertz CT molecular complexity index is 154. The van der Waals surface area contributed by atoms with E-state index in [2.05, 4.69) is 31.4 Å². The molecule has 0 nitrogen and oxygen atoms in total. The Balaban J connectivity index is 2.90. The van der Waals surface area contributed by atoms with E-state index in [1.165, 1.54) is 82.8 Å². The van der Waals surface area contributed by atoms with Gasteiger partial charge in [-0.2, -0.15) is 0 Å². The van der Waals surface area contributed by atoms with Gasteiger partial charge in [-0.15, -0.1) is 35.9 Å². The van der Waals surface area contributed by atoms with Crippen molar-refractivity contribution in [3.63, 3.8) is 0 Å². The smallest absolute Gasteiger partial charge is 0.0666 e. The molecule has 0 saturated carbocycles. The summed E-state index contributed by atoms with van der Waals surface area (Å²) in [5.41, 5.74) is -0.334. The molecule has 0 aromatic rings. The van der Waals surface area contributed by atoms with E-state index >= 15 is 0 Å². The zero-order valence-electron chi connectivity index (χ0n) is 11.9. The number of unbranched alkanes of at least 4 members (excludes halogenated alkanes) is 11. The van der Waals surface area contributed by atoms with Gasteiger partial charge >= 0.3 is 0 Å². The van der Waals surface area contributed by atoms with Crippen molar-refractivity contribution in [1.29, 1.82) is 0 Å². The second-order valence-corrected chi connectivity index (χ2v) is 13.0. The fourth-order valence-corrected chi connectivity index (χ4v) is 4.93. The van der Waals surface area contributed by atoms with E-state index in [1.54, 1.807) is 0 Å². The second-order valence-electron chi connectivity index (χ2n) is 4.98. The molecule has 4 heteroatoms. The van der Waals surface area contributed by atoms with Gasteiger partial charge in [0.25, 0.3) is 0 Å². The van der Waals surface area contributed by atoms with Crippen molar-refractivity contribution in [2.75, 3.05) is 5.75 Å². The molecule has 0 amide bonds.